The number of aliphatic hydroxyl groups excluding tert-OH is 3. The van der Waals surface area contributed by atoms with E-state index in [2.05, 4.69) is 84.7 Å². The molecule has 42 heavy (non-hydrogen) atoms. The average molecular weight is 848 g/mol. The molecular weight excluding hydrogens is 824 g/mol. The quantitative estimate of drug-likeness (QED) is 0.223. The van der Waals surface area contributed by atoms with Crippen molar-refractivity contribution in [2.75, 3.05) is 27.3 Å². The van der Waals surface area contributed by atoms with Gasteiger partial charge in [0.05, 0.1) is 45.2 Å². The lowest BCUT2D eigenvalue weighted by Gasteiger charge is -2.33. The minimum Gasteiger partial charge on any atom is -0.495 e. The fraction of sp³-hybridized carbons (Fsp3) is 0.458. The van der Waals surface area contributed by atoms with Gasteiger partial charge < -0.3 is 45.1 Å². The summed E-state index contributed by atoms with van der Waals surface area (Å²) in [6.07, 6.45) is -1.25. The number of hydrogen-bond acceptors (Lipinski definition) is 12. The lowest BCUT2D eigenvalue weighted by Crippen LogP contribution is -2.47. The van der Waals surface area contributed by atoms with Gasteiger partial charge in [-0.3, -0.25) is 14.4 Å². The fourth-order valence-corrected chi connectivity index (χ4v) is 8.01. The first-order valence-corrected chi connectivity index (χ1v) is 15.2. The Kier molecular flexibility index (Phi) is 10.1. The Morgan fingerprint density at radius 1 is 0.905 bits per heavy atom. The number of hydrogen-bond donors (Lipinski definition) is 5. The zero-order valence-electron chi connectivity index (χ0n) is 21.8. The van der Waals surface area contributed by atoms with Crippen LogP contribution in [0.4, 0.5) is 0 Å². The van der Waals surface area contributed by atoms with Gasteiger partial charge in [0.2, 0.25) is 0 Å². The first-order valence-electron chi connectivity index (χ1n) is 12.1. The first-order chi connectivity index (χ1) is 19.8. The van der Waals surface area contributed by atoms with E-state index in [0.29, 0.717) is 29.4 Å². The second-order valence-electron chi connectivity index (χ2n) is 9.45. The van der Waals surface area contributed by atoms with Crippen molar-refractivity contribution in [1.29, 1.82) is 0 Å². The maximum Gasteiger partial charge on any atom is 0.269 e. The lowest BCUT2D eigenvalue weighted by molar-refractivity contribution is -0.128. The number of allylic oxidation sites excluding steroid dienone is 2. The number of aliphatic hydroxyl groups is 3. The van der Waals surface area contributed by atoms with Gasteiger partial charge in [-0.25, -0.2) is 0 Å². The summed E-state index contributed by atoms with van der Waals surface area (Å²) < 4.78 is 12.0. The Morgan fingerprint density at radius 2 is 1.33 bits per heavy atom. The van der Waals surface area contributed by atoms with Gasteiger partial charge in [0.15, 0.2) is 17.0 Å². The third-order valence-corrected chi connectivity index (χ3v) is 9.50. The summed E-state index contributed by atoms with van der Waals surface area (Å²) in [7, 11) is 2.86. The highest BCUT2D eigenvalue weighted by Gasteiger charge is 2.52. The molecule has 0 radical (unpaired) electrons. The van der Waals surface area contributed by atoms with E-state index in [1.165, 1.54) is 26.4 Å². The van der Waals surface area contributed by atoms with Crippen molar-refractivity contribution in [2.45, 2.75) is 42.4 Å². The number of amides is 2. The highest BCUT2D eigenvalue weighted by Crippen LogP contribution is 2.45. The number of ketones is 1. The molecule has 2 aliphatic heterocycles. The predicted octanol–water partition coefficient (Wildman–Crippen LogP) is 0.991. The molecule has 0 fully saturated rings. The molecular formula is C24H24Br4N4O10. The monoisotopic (exact) mass is 844 g/mol. The van der Waals surface area contributed by atoms with Crippen LogP contribution in [0.5, 0.6) is 0 Å². The van der Waals surface area contributed by atoms with Crippen LogP contribution in [0.15, 0.2) is 51.9 Å². The number of oxime groups is 2. The normalized spacial score (nSPS) is 29.3. The molecule has 228 valence electrons. The summed E-state index contributed by atoms with van der Waals surface area (Å²) >= 11 is 13.2. The maximum absolute atomic E-state index is 12.6. The first kappa shape index (κ1) is 32.8. The largest absolute Gasteiger partial charge is 0.495 e. The predicted molar refractivity (Wildman–Crippen MR) is 161 cm³/mol. The van der Waals surface area contributed by atoms with E-state index >= 15 is 0 Å². The van der Waals surface area contributed by atoms with Crippen molar-refractivity contribution < 1.29 is 48.9 Å². The Morgan fingerprint density at radius 3 is 1.76 bits per heavy atom. The zero-order chi connectivity index (χ0) is 31.0. The van der Waals surface area contributed by atoms with Gasteiger partial charge in [0, 0.05) is 12.8 Å². The van der Waals surface area contributed by atoms with Crippen molar-refractivity contribution in [3.63, 3.8) is 0 Å². The van der Waals surface area contributed by atoms with Crippen LogP contribution in [0.25, 0.3) is 0 Å². The van der Waals surface area contributed by atoms with Gasteiger partial charge in [-0.1, -0.05) is 10.3 Å². The Bertz CT molecular complexity index is 1390. The van der Waals surface area contributed by atoms with E-state index in [-0.39, 0.29) is 24.3 Å². The maximum atomic E-state index is 12.6. The van der Waals surface area contributed by atoms with E-state index in [1.807, 2.05) is 0 Å². The highest BCUT2D eigenvalue weighted by molar-refractivity contribution is 9.12. The molecule has 0 saturated carbocycles. The van der Waals surface area contributed by atoms with Crippen LogP contribution in [-0.4, -0.2) is 101 Å². The fourth-order valence-electron chi connectivity index (χ4n) is 4.43. The highest BCUT2D eigenvalue weighted by atomic mass is 79.9. The minimum atomic E-state index is -1.65. The summed E-state index contributed by atoms with van der Waals surface area (Å²) in [5.74, 6) is -1.53. The molecule has 0 aromatic carbocycles. The van der Waals surface area contributed by atoms with Crippen LogP contribution in [0.2, 0.25) is 0 Å². The minimum absolute atomic E-state index is 0.0717. The van der Waals surface area contributed by atoms with Gasteiger partial charge >= 0.3 is 0 Å². The number of halogens is 4. The molecule has 4 rings (SSSR count). The average Bonchev–Trinajstić information content (AvgIpc) is 3.58. The molecule has 2 amide bonds. The molecule has 0 bridgehead atoms. The van der Waals surface area contributed by atoms with Crippen LogP contribution in [0.3, 0.4) is 0 Å². The number of carbonyl (C=O) groups excluding carboxylic acids is 3. The summed E-state index contributed by atoms with van der Waals surface area (Å²) in [4.78, 5) is 48.5. The van der Waals surface area contributed by atoms with Crippen molar-refractivity contribution in [3.05, 3.63) is 41.6 Å². The molecule has 2 heterocycles. The molecule has 5 N–H and O–H groups in total. The van der Waals surface area contributed by atoms with E-state index in [9.17, 15) is 29.7 Å². The van der Waals surface area contributed by atoms with Gasteiger partial charge in [-0.15, -0.1) is 0 Å². The number of rotatable bonds is 9. The Balaban J connectivity index is 1.25. The second-order valence-corrected chi connectivity index (χ2v) is 12.9. The van der Waals surface area contributed by atoms with Crippen molar-refractivity contribution >= 4 is 92.7 Å². The second kappa shape index (κ2) is 12.9. The SMILES string of the molecule is COC1=C(Br)[C@H](O)[C@@]2(C=C1Br)CC(C(=O)NCC(=O)[C@H](O)CNC(=O)C1=NO[C@]3(C=C(Br)C(OC)=C(Br)[C@@H]3O)C1)=NO2. The Labute approximate surface area is 272 Å². The molecule has 0 saturated heterocycles. The van der Waals surface area contributed by atoms with Crippen LogP contribution in [0.1, 0.15) is 12.8 Å². The summed E-state index contributed by atoms with van der Waals surface area (Å²) in [5.41, 5.74) is -2.89. The van der Waals surface area contributed by atoms with Gasteiger partial charge in [0.25, 0.3) is 11.8 Å². The zero-order valence-corrected chi connectivity index (χ0v) is 28.2. The summed E-state index contributed by atoms with van der Waals surface area (Å²) in [6, 6.07) is 0. The summed E-state index contributed by atoms with van der Waals surface area (Å²) in [5, 5.41) is 43.9. The molecule has 0 aromatic rings. The van der Waals surface area contributed by atoms with Crippen molar-refractivity contribution in [3.8, 4) is 0 Å². The van der Waals surface area contributed by atoms with Crippen molar-refractivity contribution in [2.24, 2.45) is 10.3 Å². The van der Waals surface area contributed by atoms with Crippen LogP contribution in [-0.2, 0) is 33.5 Å². The standard InChI is InChI=1S/C24H24Br4N4O10/c1-39-17-9(25)3-23(19(35)15(17)27)5-11(31-41-23)21(37)29-7-13(33)14(34)8-30-22(38)12-6-24(42-32-12)4-10(26)18(40-2)16(28)20(24)36/h3-4,13,19-20,33,35-36H,5-8H2,1-2H3,(H,29,37)(H,30,38)/t13-,19+,20+,23-,24-/m1/s1. The van der Waals surface area contributed by atoms with Crippen LogP contribution < -0.4 is 10.6 Å². The van der Waals surface area contributed by atoms with Crippen LogP contribution in [0, 0.1) is 0 Å². The molecule has 5 atom stereocenters. The van der Waals surface area contributed by atoms with Crippen molar-refractivity contribution in [1.82, 2.24) is 10.6 Å². The molecule has 2 aliphatic carbocycles. The third-order valence-electron chi connectivity index (χ3n) is 6.74. The van der Waals surface area contributed by atoms with Gasteiger partial charge in [-0.05, 0) is 75.9 Å². The van der Waals surface area contributed by atoms with Gasteiger partial charge in [0.1, 0.15) is 41.3 Å². The number of nitrogens with one attached hydrogen (secondary N) is 2. The van der Waals surface area contributed by atoms with E-state index < -0.39 is 60.2 Å². The van der Waals surface area contributed by atoms with E-state index in [0.717, 1.165) is 0 Å². The van der Waals surface area contributed by atoms with E-state index in [4.69, 9.17) is 19.1 Å². The van der Waals surface area contributed by atoms with E-state index in [1.54, 1.807) is 0 Å². The number of methoxy groups -OCH3 is 2. The lowest BCUT2D eigenvalue weighted by atomic mass is 9.87. The Hall–Kier alpha value is -2.09. The molecule has 14 nitrogen and oxygen atoms in total. The third kappa shape index (κ3) is 6.11. The summed E-state index contributed by atoms with van der Waals surface area (Å²) in [6.45, 7) is -1.04. The molecule has 0 unspecified atom stereocenters. The number of nitrogens with zero attached hydrogens (tertiary/aromatic N) is 2. The van der Waals surface area contributed by atoms with Gasteiger partial charge in [-0.2, -0.15) is 0 Å². The topological polar surface area (TPSA) is 198 Å². The smallest absolute Gasteiger partial charge is 0.269 e. The molecule has 18 heteroatoms. The number of carbonyl (C=O) groups is 3. The number of ether oxygens (including phenoxy) is 2. The molecule has 2 spiro atoms. The number of Topliss-reactive ketones (excluding diaryl/α,β-unsaturated/α-hetero) is 1. The molecule has 0 aromatic heterocycles. The van der Waals surface area contributed by atoms with Crippen LogP contribution >= 0.6 is 63.7 Å². The molecule has 4 aliphatic rings.